The zero-order chi connectivity index (χ0) is 10.6. The van der Waals surface area contributed by atoms with Crippen molar-refractivity contribution in [2.24, 2.45) is 0 Å². The second-order valence-electron chi connectivity index (χ2n) is 3.85. The Balaban J connectivity index is 2.95. The average molecular weight is 218 g/mol. The van der Waals surface area contributed by atoms with E-state index in [2.05, 4.69) is 6.92 Å². The third-order valence-electron chi connectivity index (χ3n) is 2.44. The highest BCUT2D eigenvalue weighted by molar-refractivity contribution is 6.27. The summed E-state index contributed by atoms with van der Waals surface area (Å²) in [7, 11) is 0. The van der Waals surface area contributed by atoms with Crippen LogP contribution in [-0.2, 0) is 4.79 Å². The second-order valence-corrected chi connectivity index (χ2v) is 4.38. The van der Waals surface area contributed by atoms with Gasteiger partial charge in [0, 0.05) is 0 Å². The molecule has 2 heteroatoms. The molecular formula is C12H22ClO. The first kappa shape index (κ1) is 14.0. The van der Waals surface area contributed by atoms with E-state index in [1.165, 1.54) is 44.9 Å². The van der Waals surface area contributed by atoms with Gasteiger partial charge in [0.25, 0.3) is 0 Å². The number of alkyl halides is 1. The van der Waals surface area contributed by atoms with Crippen LogP contribution in [0.5, 0.6) is 0 Å². The van der Waals surface area contributed by atoms with Gasteiger partial charge in [-0.3, -0.25) is 4.79 Å². The van der Waals surface area contributed by atoms with Crippen LogP contribution in [-0.4, -0.2) is 11.7 Å². The minimum atomic E-state index is -0.380. The van der Waals surface area contributed by atoms with Crippen molar-refractivity contribution in [2.75, 3.05) is 0 Å². The standard InChI is InChI=1S/C12H22ClO/c1-2-3-4-5-6-7-8-9-10-12(13)11-14/h12H,2-10H2,1H3. The van der Waals surface area contributed by atoms with Gasteiger partial charge in [0.2, 0.25) is 6.29 Å². The number of carbonyl (C=O) groups excluding carboxylic acids is 1. The van der Waals surface area contributed by atoms with Gasteiger partial charge < -0.3 is 0 Å². The lowest BCUT2D eigenvalue weighted by Gasteiger charge is -2.01. The summed E-state index contributed by atoms with van der Waals surface area (Å²) in [6.07, 6.45) is 12.9. The van der Waals surface area contributed by atoms with Crippen LogP contribution in [0.4, 0.5) is 0 Å². The van der Waals surface area contributed by atoms with E-state index in [4.69, 9.17) is 11.6 Å². The Morgan fingerprint density at radius 3 is 2.00 bits per heavy atom. The van der Waals surface area contributed by atoms with Crippen LogP contribution in [0, 0.1) is 0 Å². The first-order valence-electron chi connectivity index (χ1n) is 5.83. The Morgan fingerprint density at radius 2 is 1.50 bits per heavy atom. The number of halogens is 1. The lowest BCUT2D eigenvalue weighted by atomic mass is 10.1. The maximum absolute atomic E-state index is 10.1. The maximum Gasteiger partial charge on any atom is 0.217 e. The molecule has 0 aliphatic carbocycles. The first-order valence-corrected chi connectivity index (χ1v) is 6.26. The third kappa shape index (κ3) is 10.0. The van der Waals surface area contributed by atoms with Gasteiger partial charge in [-0.05, 0) is 6.42 Å². The molecule has 83 valence electrons. The van der Waals surface area contributed by atoms with Crippen LogP contribution in [0.25, 0.3) is 0 Å². The lowest BCUT2D eigenvalue weighted by molar-refractivity contribution is 0.539. The van der Waals surface area contributed by atoms with Crippen molar-refractivity contribution >= 4 is 17.9 Å². The summed E-state index contributed by atoms with van der Waals surface area (Å²) < 4.78 is 0. The van der Waals surface area contributed by atoms with Gasteiger partial charge >= 0.3 is 0 Å². The fourth-order valence-electron chi connectivity index (χ4n) is 1.52. The lowest BCUT2D eigenvalue weighted by Crippen LogP contribution is -1.98. The molecule has 14 heavy (non-hydrogen) atoms. The molecule has 0 aromatic heterocycles. The molecular weight excluding hydrogens is 196 g/mol. The van der Waals surface area contributed by atoms with Gasteiger partial charge in [0.1, 0.15) is 0 Å². The molecule has 0 aliphatic rings. The molecule has 1 radical (unpaired) electrons. The molecule has 0 saturated heterocycles. The van der Waals surface area contributed by atoms with E-state index in [9.17, 15) is 4.79 Å². The molecule has 0 aromatic carbocycles. The summed E-state index contributed by atoms with van der Waals surface area (Å²) in [4.78, 5) is 10.1. The molecule has 1 nitrogen and oxygen atoms in total. The SMILES string of the molecule is CCCCCCCCCCC(Cl)[C]=O. The summed E-state index contributed by atoms with van der Waals surface area (Å²) in [6.45, 7) is 2.23. The van der Waals surface area contributed by atoms with Crippen molar-refractivity contribution in [3.05, 3.63) is 0 Å². The highest BCUT2D eigenvalue weighted by Gasteiger charge is 2.01. The maximum atomic E-state index is 10.1. The Bertz CT molecular complexity index is 125. The minimum absolute atomic E-state index is 0.380. The van der Waals surface area contributed by atoms with Crippen molar-refractivity contribution in [1.82, 2.24) is 0 Å². The number of hydrogen-bond donors (Lipinski definition) is 0. The molecule has 0 aliphatic heterocycles. The molecule has 0 amide bonds. The van der Waals surface area contributed by atoms with E-state index in [1.54, 1.807) is 6.29 Å². The highest BCUT2D eigenvalue weighted by Crippen LogP contribution is 2.11. The second kappa shape index (κ2) is 11.0. The first-order chi connectivity index (χ1) is 6.81. The van der Waals surface area contributed by atoms with Crippen molar-refractivity contribution < 1.29 is 4.79 Å². The van der Waals surface area contributed by atoms with Gasteiger partial charge in [0.05, 0.1) is 5.38 Å². The normalized spacial score (nSPS) is 12.7. The predicted molar refractivity (Wildman–Crippen MR) is 62.6 cm³/mol. The van der Waals surface area contributed by atoms with E-state index >= 15 is 0 Å². The Morgan fingerprint density at radius 1 is 1.00 bits per heavy atom. The van der Waals surface area contributed by atoms with Gasteiger partial charge in [-0.2, -0.15) is 0 Å². The van der Waals surface area contributed by atoms with E-state index in [0.717, 1.165) is 12.8 Å². The van der Waals surface area contributed by atoms with E-state index in [-0.39, 0.29) is 5.38 Å². The Hall–Kier alpha value is -0.0400. The summed E-state index contributed by atoms with van der Waals surface area (Å²) in [5, 5.41) is -0.380. The summed E-state index contributed by atoms with van der Waals surface area (Å²) >= 11 is 5.62. The fourth-order valence-corrected chi connectivity index (χ4v) is 1.67. The molecule has 0 spiro atoms. The Labute approximate surface area is 93.2 Å². The minimum Gasteiger partial charge on any atom is -0.289 e. The Kier molecular flexibility index (Phi) is 11.0. The highest BCUT2D eigenvalue weighted by atomic mass is 35.5. The van der Waals surface area contributed by atoms with Gasteiger partial charge in [0.15, 0.2) is 0 Å². The molecule has 0 fully saturated rings. The number of unbranched alkanes of at least 4 members (excludes halogenated alkanes) is 7. The number of rotatable bonds is 10. The zero-order valence-corrected chi connectivity index (χ0v) is 9.98. The van der Waals surface area contributed by atoms with Crippen molar-refractivity contribution in [3.8, 4) is 0 Å². The molecule has 0 heterocycles. The van der Waals surface area contributed by atoms with Crippen molar-refractivity contribution in [3.63, 3.8) is 0 Å². The molecule has 0 saturated carbocycles. The van der Waals surface area contributed by atoms with E-state index in [0.29, 0.717) is 0 Å². The summed E-state index contributed by atoms with van der Waals surface area (Å²) in [5.74, 6) is 0. The van der Waals surface area contributed by atoms with Crippen LogP contribution in [0.2, 0.25) is 0 Å². The monoisotopic (exact) mass is 217 g/mol. The topological polar surface area (TPSA) is 17.1 Å². The number of hydrogen-bond acceptors (Lipinski definition) is 1. The molecule has 0 N–H and O–H groups in total. The van der Waals surface area contributed by atoms with Crippen LogP contribution < -0.4 is 0 Å². The predicted octanol–water partition coefficient (Wildman–Crippen LogP) is 4.23. The quantitative estimate of drug-likeness (QED) is 0.395. The fraction of sp³-hybridized carbons (Fsp3) is 0.917. The summed E-state index contributed by atoms with van der Waals surface area (Å²) in [5.41, 5.74) is 0. The van der Waals surface area contributed by atoms with Crippen molar-refractivity contribution in [2.45, 2.75) is 70.1 Å². The van der Waals surface area contributed by atoms with Crippen LogP contribution >= 0.6 is 11.6 Å². The summed E-state index contributed by atoms with van der Waals surface area (Å²) in [6, 6.07) is 0. The molecule has 0 bridgehead atoms. The van der Waals surface area contributed by atoms with Crippen LogP contribution in [0.15, 0.2) is 0 Å². The van der Waals surface area contributed by atoms with Gasteiger partial charge in [-0.1, -0.05) is 58.3 Å². The van der Waals surface area contributed by atoms with E-state index in [1.807, 2.05) is 0 Å². The third-order valence-corrected chi connectivity index (χ3v) is 2.75. The molecule has 0 rings (SSSR count). The zero-order valence-electron chi connectivity index (χ0n) is 9.23. The molecule has 1 unspecified atom stereocenters. The molecule has 0 aromatic rings. The van der Waals surface area contributed by atoms with Crippen LogP contribution in [0.1, 0.15) is 64.7 Å². The smallest absolute Gasteiger partial charge is 0.217 e. The van der Waals surface area contributed by atoms with Gasteiger partial charge in [-0.25, -0.2) is 0 Å². The molecule has 1 atom stereocenters. The van der Waals surface area contributed by atoms with Crippen molar-refractivity contribution in [1.29, 1.82) is 0 Å². The van der Waals surface area contributed by atoms with Gasteiger partial charge in [-0.15, -0.1) is 11.6 Å². The van der Waals surface area contributed by atoms with Crippen LogP contribution in [0.3, 0.4) is 0 Å². The van der Waals surface area contributed by atoms with E-state index < -0.39 is 0 Å². The largest absolute Gasteiger partial charge is 0.289 e. The average Bonchev–Trinajstić information content (AvgIpc) is 2.21.